The van der Waals surface area contributed by atoms with Crippen LogP contribution in [0, 0.1) is 13.8 Å². The summed E-state index contributed by atoms with van der Waals surface area (Å²) in [6.07, 6.45) is -0.0878. The van der Waals surface area contributed by atoms with E-state index in [1.807, 2.05) is 63.2 Å². The summed E-state index contributed by atoms with van der Waals surface area (Å²) in [4.78, 5) is 60.4. The van der Waals surface area contributed by atoms with Gasteiger partial charge in [0.05, 0.1) is 0 Å². The van der Waals surface area contributed by atoms with Crippen LogP contribution in [-0.2, 0) is 9.59 Å². The van der Waals surface area contributed by atoms with E-state index in [0.29, 0.717) is 11.3 Å². The molecule has 198 valence electrons. The number of H-pyrrole nitrogens is 2. The van der Waals surface area contributed by atoms with Crippen molar-refractivity contribution in [3.8, 4) is 5.88 Å². The van der Waals surface area contributed by atoms with Gasteiger partial charge in [-0.3, -0.25) is 24.4 Å². The molecule has 1 aliphatic rings. The molecule has 2 atom stereocenters. The van der Waals surface area contributed by atoms with Crippen LogP contribution in [0.15, 0.2) is 57.0 Å². The molecule has 12 heteroatoms. The third-order valence-electron chi connectivity index (χ3n) is 6.01. The standard InChI is InChI=1S/C26H28N6O5S/c1-13-5-10-17(14(2)11-13)27-19(33)12-18-22(34)31-26(38-18)28-21(15-6-8-16(9-7-15)32(3)4)20-23(35)29-25(37)30-24(20)36/h5-11,18,21H,12H2,1-4H3,(H,27,33)(H,28,31,34)(H3,29,30,35,36,37). The maximum absolute atomic E-state index is 12.7. The molecule has 1 aliphatic heterocycles. The van der Waals surface area contributed by atoms with Gasteiger partial charge in [0.25, 0.3) is 5.56 Å². The first-order valence-corrected chi connectivity index (χ1v) is 12.6. The van der Waals surface area contributed by atoms with Gasteiger partial charge in [-0.25, -0.2) is 9.79 Å². The smallest absolute Gasteiger partial charge is 0.328 e. The number of benzene rings is 2. The lowest BCUT2D eigenvalue weighted by molar-refractivity contribution is -0.122. The Morgan fingerprint density at radius 1 is 1.11 bits per heavy atom. The monoisotopic (exact) mass is 536 g/mol. The molecule has 0 radical (unpaired) electrons. The van der Waals surface area contributed by atoms with Crippen molar-refractivity contribution in [2.24, 2.45) is 4.99 Å². The Hall–Kier alpha value is -4.32. The maximum atomic E-state index is 12.7. The van der Waals surface area contributed by atoms with Crippen molar-refractivity contribution in [2.45, 2.75) is 31.6 Å². The Morgan fingerprint density at radius 2 is 1.82 bits per heavy atom. The molecule has 3 aromatic rings. The molecule has 2 amide bonds. The van der Waals surface area contributed by atoms with Gasteiger partial charge in [0.15, 0.2) is 5.17 Å². The van der Waals surface area contributed by atoms with E-state index < -0.39 is 34.3 Å². The van der Waals surface area contributed by atoms with Gasteiger partial charge in [-0.2, -0.15) is 0 Å². The lowest BCUT2D eigenvalue weighted by Crippen LogP contribution is -2.29. The molecule has 38 heavy (non-hydrogen) atoms. The summed E-state index contributed by atoms with van der Waals surface area (Å²) in [5, 5.41) is 15.4. The molecule has 0 aliphatic carbocycles. The number of thioether (sulfide) groups is 1. The van der Waals surface area contributed by atoms with E-state index in [4.69, 9.17) is 0 Å². The largest absolute Gasteiger partial charge is 0.494 e. The SMILES string of the molecule is Cc1ccc(NC(=O)CC2SC(=NC(c3ccc(N(C)C)cc3)c3c(O)[nH]c(=O)[nH]c3=O)NC2=O)c(C)c1. The molecule has 0 spiro atoms. The summed E-state index contributed by atoms with van der Waals surface area (Å²) < 4.78 is 0. The van der Waals surface area contributed by atoms with Gasteiger partial charge in [-0.05, 0) is 43.2 Å². The Bertz CT molecular complexity index is 1530. The quantitative estimate of drug-likeness (QED) is 0.309. The van der Waals surface area contributed by atoms with Gasteiger partial charge >= 0.3 is 5.69 Å². The predicted octanol–water partition coefficient (Wildman–Crippen LogP) is 2.16. The van der Waals surface area contributed by atoms with E-state index in [1.54, 1.807) is 12.1 Å². The molecule has 0 bridgehead atoms. The van der Waals surface area contributed by atoms with E-state index in [0.717, 1.165) is 28.6 Å². The predicted molar refractivity (Wildman–Crippen MR) is 148 cm³/mol. The molecule has 2 heterocycles. The summed E-state index contributed by atoms with van der Waals surface area (Å²) in [5.74, 6) is -1.34. The number of anilines is 2. The second-order valence-electron chi connectivity index (χ2n) is 9.16. The third kappa shape index (κ3) is 5.97. The molecule has 4 rings (SSSR count). The lowest BCUT2D eigenvalue weighted by atomic mass is 10.0. The zero-order chi connectivity index (χ0) is 27.6. The minimum Gasteiger partial charge on any atom is -0.494 e. The number of amides is 2. The Balaban J connectivity index is 1.60. The second kappa shape index (κ2) is 11.0. The number of aryl methyl sites for hydroxylation is 2. The molecular weight excluding hydrogens is 508 g/mol. The van der Waals surface area contributed by atoms with Crippen LogP contribution in [0.3, 0.4) is 0 Å². The first kappa shape index (κ1) is 26.7. The van der Waals surface area contributed by atoms with E-state index in [1.165, 1.54) is 0 Å². The van der Waals surface area contributed by atoms with Gasteiger partial charge in [0.1, 0.15) is 16.9 Å². The number of aromatic hydroxyl groups is 1. The van der Waals surface area contributed by atoms with E-state index in [2.05, 4.69) is 25.6 Å². The Morgan fingerprint density at radius 3 is 2.45 bits per heavy atom. The Labute approximate surface area is 222 Å². The average molecular weight is 537 g/mol. The number of nitrogens with one attached hydrogen (secondary N) is 4. The molecule has 0 saturated carbocycles. The van der Waals surface area contributed by atoms with Gasteiger partial charge in [0.2, 0.25) is 17.7 Å². The summed E-state index contributed by atoms with van der Waals surface area (Å²) >= 11 is 1.06. The summed E-state index contributed by atoms with van der Waals surface area (Å²) in [5.41, 5.74) is 2.26. The molecule has 1 fully saturated rings. The van der Waals surface area contributed by atoms with Crippen molar-refractivity contribution in [3.05, 3.63) is 85.6 Å². The van der Waals surface area contributed by atoms with Crippen molar-refractivity contribution < 1.29 is 14.7 Å². The fourth-order valence-electron chi connectivity index (χ4n) is 4.04. The fourth-order valence-corrected chi connectivity index (χ4v) is 5.04. The maximum Gasteiger partial charge on any atom is 0.328 e. The van der Waals surface area contributed by atoms with Crippen molar-refractivity contribution in [1.29, 1.82) is 0 Å². The summed E-state index contributed by atoms with van der Waals surface area (Å²) in [6.45, 7) is 3.85. The molecule has 11 nitrogen and oxygen atoms in total. The zero-order valence-corrected chi connectivity index (χ0v) is 22.1. The van der Waals surface area contributed by atoms with Crippen LogP contribution in [0.2, 0.25) is 0 Å². The molecule has 1 saturated heterocycles. The van der Waals surface area contributed by atoms with Crippen LogP contribution in [0.1, 0.15) is 34.7 Å². The summed E-state index contributed by atoms with van der Waals surface area (Å²) in [6, 6.07) is 11.7. The van der Waals surface area contributed by atoms with Gasteiger partial charge in [-0.1, -0.05) is 41.6 Å². The van der Waals surface area contributed by atoms with Crippen LogP contribution < -0.4 is 26.8 Å². The number of rotatable bonds is 7. The molecule has 2 aromatic carbocycles. The molecule has 5 N–H and O–H groups in total. The zero-order valence-electron chi connectivity index (χ0n) is 21.3. The van der Waals surface area contributed by atoms with E-state index in [-0.39, 0.29) is 23.1 Å². The van der Waals surface area contributed by atoms with Crippen molar-refractivity contribution >= 4 is 40.1 Å². The Kier molecular flexibility index (Phi) is 7.72. The molecular formula is C26H28N6O5S. The van der Waals surface area contributed by atoms with E-state index >= 15 is 0 Å². The second-order valence-corrected chi connectivity index (χ2v) is 10.4. The van der Waals surface area contributed by atoms with Gasteiger partial charge in [-0.15, -0.1) is 0 Å². The van der Waals surface area contributed by atoms with Crippen LogP contribution in [0.5, 0.6) is 5.88 Å². The highest BCUT2D eigenvalue weighted by Crippen LogP contribution is 2.32. The number of nitrogens with zero attached hydrogens (tertiary/aromatic N) is 2. The van der Waals surface area contributed by atoms with Crippen LogP contribution in [0.4, 0.5) is 11.4 Å². The number of hydrogen-bond donors (Lipinski definition) is 5. The number of amidine groups is 1. The first-order chi connectivity index (χ1) is 18.0. The van der Waals surface area contributed by atoms with E-state index in [9.17, 15) is 24.3 Å². The first-order valence-electron chi connectivity index (χ1n) is 11.8. The highest BCUT2D eigenvalue weighted by atomic mass is 32.2. The number of carbonyl (C=O) groups is 2. The normalized spacial score (nSPS) is 16.8. The van der Waals surface area contributed by atoms with Crippen molar-refractivity contribution in [1.82, 2.24) is 15.3 Å². The minimum atomic E-state index is -1.04. The fraction of sp³-hybridized carbons (Fsp3) is 0.269. The van der Waals surface area contributed by atoms with Crippen LogP contribution >= 0.6 is 11.8 Å². The van der Waals surface area contributed by atoms with Gasteiger partial charge < -0.3 is 20.6 Å². The topological polar surface area (TPSA) is 160 Å². The number of aliphatic imine (C=N–C) groups is 1. The lowest BCUT2D eigenvalue weighted by Gasteiger charge is -2.17. The van der Waals surface area contributed by atoms with Gasteiger partial charge in [0, 0.05) is 31.9 Å². The molecule has 1 aromatic heterocycles. The van der Waals surface area contributed by atoms with Crippen LogP contribution in [0.25, 0.3) is 0 Å². The number of aromatic nitrogens is 2. The number of hydrogen-bond acceptors (Lipinski definition) is 8. The number of aromatic amines is 2. The summed E-state index contributed by atoms with van der Waals surface area (Å²) in [7, 11) is 3.76. The molecule has 2 unspecified atom stereocenters. The number of carbonyl (C=O) groups excluding carboxylic acids is 2. The third-order valence-corrected chi connectivity index (χ3v) is 7.10. The van der Waals surface area contributed by atoms with Crippen molar-refractivity contribution in [2.75, 3.05) is 24.3 Å². The minimum absolute atomic E-state index is 0.0878. The van der Waals surface area contributed by atoms with Crippen molar-refractivity contribution in [3.63, 3.8) is 0 Å². The highest BCUT2D eigenvalue weighted by molar-refractivity contribution is 8.15. The average Bonchev–Trinajstić information content (AvgIpc) is 3.18. The highest BCUT2D eigenvalue weighted by Gasteiger charge is 2.34. The van der Waals surface area contributed by atoms with Crippen LogP contribution in [-0.4, -0.2) is 51.4 Å².